The monoisotopic (exact) mass is 192 g/mol. The maximum atomic E-state index is 5.71. The molecule has 0 spiro atoms. The third-order valence-corrected chi connectivity index (χ3v) is 1.91. The van der Waals surface area contributed by atoms with Crippen molar-refractivity contribution in [2.75, 3.05) is 0 Å². The Morgan fingerprint density at radius 3 is 2.00 bits per heavy atom. The van der Waals surface area contributed by atoms with Crippen molar-refractivity contribution in [3.8, 4) is 0 Å². The van der Waals surface area contributed by atoms with Gasteiger partial charge in [0.15, 0.2) is 0 Å². The molecule has 0 saturated heterocycles. The molecule has 0 aliphatic carbocycles. The SMILES string of the molecule is SCc1cc(Cl)cc(Cl)c1. The Bertz CT molecular complexity index is 215. The smallest absolute Gasteiger partial charge is 0.0423 e. The number of rotatable bonds is 1. The van der Waals surface area contributed by atoms with Crippen LogP contribution in [-0.2, 0) is 5.75 Å². The molecule has 3 heteroatoms. The summed E-state index contributed by atoms with van der Waals surface area (Å²) in [5.74, 6) is 0.667. The van der Waals surface area contributed by atoms with Gasteiger partial charge in [-0.15, -0.1) is 0 Å². The molecular weight excluding hydrogens is 187 g/mol. The van der Waals surface area contributed by atoms with Gasteiger partial charge < -0.3 is 0 Å². The van der Waals surface area contributed by atoms with E-state index in [-0.39, 0.29) is 0 Å². The molecule has 0 aromatic heterocycles. The first-order valence-corrected chi connectivity index (χ1v) is 4.17. The molecule has 0 heterocycles. The Labute approximate surface area is 75.6 Å². The van der Waals surface area contributed by atoms with E-state index in [1.807, 2.05) is 12.1 Å². The van der Waals surface area contributed by atoms with Crippen LogP contribution in [0.1, 0.15) is 5.56 Å². The van der Waals surface area contributed by atoms with E-state index >= 15 is 0 Å². The van der Waals surface area contributed by atoms with Gasteiger partial charge in [-0.25, -0.2) is 0 Å². The van der Waals surface area contributed by atoms with Gasteiger partial charge in [-0.05, 0) is 23.8 Å². The van der Waals surface area contributed by atoms with Crippen LogP contribution in [0, 0.1) is 0 Å². The molecule has 0 N–H and O–H groups in total. The fraction of sp³-hybridized carbons (Fsp3) is 0.143. The molecule has 1 aromatic carbocycles. The zero-order valence-corrected chi connectivity index (χ0v) is 7.55. The van der Waals surface area contributed by atoms with Crippen molar-refractivity contribution in [1.82, 2.24) is 0 Å². The van der Waals surface area contributed by atoms with E-state index in [2.05, 4.69) is 12.6 Å². The van der Waals surface area contributed by atoms with Crippen LogP contribution in [0.4, 0.5) is 0 Å². The van der Waals surface area contributed by atoms with E-state index in [0.29, 0.717) is 15.8 Å². The van der Waals surface area contributed by atoms with Crippen LogP contribution >= 0.6 is 35.8 Å². The standard InChI is InChI=1S/C7H6Cl2S/c8-6-1-5(4-10)2-7(9)3-6/h1-3,10H,4H2. The molecule has 0 atom stereocenters. The summed E-state index contributed by atoms with van der Waals surface area (Å²) in [5, 5.41) is 1.33. The second kappa shape index (κ2) is 3.51. The zero-order chi connectivity index (χ0) is 7.56. The highest BCUT2D eigenvalue weighted by Gasteiger charge is 1.94. The Morgan fingerprint density at radius 2 is 1.60 bits per heavy atom. The molecule has 0 amide bonds. The lowest BCUT2D eigenvalue weighted by Crippen LogP contribution is -1.76. The fourth-order valence-electron chi connectivity index (χ4n) is 0.702. The van der Waals surface area contributed by atoms with Gasteiger partial charge in [-0.2, -0.15) is 12.6 Å². The summed E-state index contributed by atoms with van der Waals surface area (Å²) >= 11 is 15.5. The number of halogens is 2. The van der Waals surface area contributed by atoms with Crippen LogP contribution < -0.4 is 0 Å². The van der Waals surface area contributed by atoms with Crippen molar-refractivity contribution in [1.29, 1.82) is 0 Å². The number of benzene rings is 1. The molecule has 10 heavy (non-hydrogen) atoms. The van der Waals surface area contributed by atoms with E-state index in [1.165, 1.54) is 0 Å². The molecule has 0 nitrogen and oxygen atoms in total. The summed E-state index contributed by atoms with van der Waals surface area (Å²) in [4.78, 5) is 0. The molecule has 0 radical (unpaired) electrons. The lowest BCUT2D eigenvalue weighted by Gasteiger charge is -1.97. The minimum Gasteiger partial charge on any atom is -0.175 e. The maximum Gasteiger partial charge on any atom is 0.0423 e. The first-order chi connectivity index (χ1) is 4.72. The molecule has 0 bridgehead atoms. The molecule has 0 fully saturated rings. The van der Waals surface area contributed by atoms with Gasteiger partial charge in [-0.1, -0.05) is 23.2 Å². The average molecular weight is 193 g/mol. The summed E-state index contributed by atoms with van der Waals surface area (Å²) in [5.41, 5.74) is 1.04. The highest BCUT2D eigenvalue weighted by atomic mass is 35.5. The van der Waals surface area contributed by atoms with Crippen molar-refractivity contribution < 1.29 is 0 Å². The maximum absolute atomic E-state index is 5.71. The molecule has 0 aliphatic rings. The Balaban J connectivity index is 3.06. The molecule has 1 rings (SSSR count). The van der Waals surface area contributed by atoms with Gasteiger partial charge in [0.05, 0.1) is 0 Å². The highest BCUT2D eigenvalue weighted by Crippen LogP contribution is 2.19. The largest absolute Gasteiger partial charge is 0.175 e. The third-order valence-electron chi connectivity index (χ3n) is 1.10. The predicted molar refractivity (Wildman–Crippen MR) is 49.2 cm³/mol. The summed E-state index contributed by atoms with van der Waals surface area (Å²) in [6.07, 6.45) is 0. The topological polar surface area (TPSA) is 0 Å². The van der Waals surface area contributed by atoms with E-state index in [4.69, 9.17) is 23.2 Å². The van der Waals surface area contributed by atoms with Crippen LogP contribution in [-0.4, -0.2) is 0 Å². The molecule has 0 aliphatic heterocycles. The molecule has 0 unspecified atom stereocenters. The molecule has 54 valence electrons. The van der Waals surface area contributed by atoms with E-state index in [9.17, 15) is 0 Å². The van der Waals surface area contributed by atoms with Crippen LogP contribution in [0.25, 0.3) is 0 Å². The minimum atomic E-state index is 0.663. The number of hydrogen-bond acceptors (Lipinski definition) is 1. The van der Waals surface area contributed by atoms with E-state index in [0.717, 1.165) is 5.56 Å². The molecule has 1 aromatic rings. The minimum absolute atomic E-state index is 0.663. The van der Waals surface area contributed by atoms with Crippen molar-refractivity contribution in [2.45, 2.75) is 5.75 Å². The first-order valence-electron chi connectivity index (χ1n) is 2.78. The Morgan fingerprint density at radius 1 is 1.10 bits per heavy atom. The third kappa shape index (κ3) is 2.08. The van der Waals surface area contributed by atoms with Gasteiger partial charge in [-0.3, -0.25) is 0 Å². The normalized spacial score (nSPS) is 9.90. The van der Waals surface area contributed by atoms with E-state index < -0.39 is 0 Å². The van der Waals surface area contributed by atoms with Crippen LogP contribution in [0.2, 0.25) is 10.0 Å². The Hall–Kier alpha value is 0.150. The van der Waals surface area contributed by atoms with Crippen molar-refractivity contribution >= 4 is 35.8 Å². The summed E-state index contributed by atoms with van der Waals surface area (Å²) in [7, 11) is 0. The summed E-state index contributed by atoms with van der Waals surface area (Å²) in [6, 6.07) is 5.40. The van der Waals surface area contributed by atoms with Crippen LogP contribution in [0.15, 0.2) is 18.2 Å². The lowest BCUT2D eigenvalue weighted by molar-refractivity contribution is 1.43. The van der Waals surface area contributed by atoms with Gasteiger partial charge in [0.2, 0.25) is 0 Å². The quantitative estimate of drug-likeness (QED) is 0.649. The number of hydrogen-bond donors (Lipinski definition) is 1. The van der Waals surface area contributed by atoms with Crippen molar-refractivity contribution in [2.24, 2.45) is 0 Å². The van der Waals surface area contributed by atoms with Crippen LogP contribution in [0.5, 0.6) is 0 Å². The van der Waals surface area contributed by atoms with Crippen LogP contribution in [0.3, 0.4) is 0 Å². The second-order valence-electron chi connectivity index (χ2n) is 1.94. The molecular formula is C7H6Cl2S. The Kier molecular flexibility index (Phi) is 2.90. The van der Waals surface area contributed by atoms with E-state index in [1.54, 1.807) is 6.07 Å². The van der Waals surface area contributed by atoms with Gasteiger partial charge in [0.1, 0.15) is 0 Å². The van der Waals surface area contributed by atoms with Crippen molar-refractivity contribution in [3.05, 3.63) is 33.8 Å². The zero-order valence-electron chi connectivity index (χ0n) is 5.14. The lowest BCUT2D eigenvalue weighted by atomic mass is 10.2. The second-order valence-corrected chi connectivity index (χ2v) is 3.12. The molecule has 0 saturated carbocycles. The summed E-state index contributed by atoms with van der Waals surface area (Å²) in [6.45, 7) is 0. The van der Waals surface area contributed by atoms with Crippen molar-refractivity contribution in [3.63, 3.8) is 0 Å². The first kappa shape index (κ1) is 8.25. The van der Waals surface area contributed by atoms with Gasteiger partial charge in [0.25, 0.3) is 0 Å². The van der Waals surface area contributed by atoms with Gasteiger partial charge >= 0.3 is 0 Å². The summed E-state index contributed by atoms with van der Waals surface area (Å²) < 4.78 is 0. The fourth-order valence-corrected chi connectivity index (χ4v) is 1.46. The number of thiol groups is 1. The van der Waals surface area contributed by atoms with Gasteiger partial charge in [0, 0.05) is 15.8 Å². The predicted octanol–water partition coefficient (Wildman–Crippen LogP) is 3.42. The highest BCUT2D eigenvalue weighted by molar-refractivity contribution is 7.79. The average Bonchev–Trinajstić information content (AvgIpc) is 1.85.